The molecule has 2 unspecified atom stereocenters. The zero-order chi connectivity index (χ0) is 7.56. The molecule has 1 fully saturated rings. The predicted molar refractivity (Wildman–Crippen MR) is 43.2 cm³/mol. The van der Waals surface area contributed by atoms with Gasteiger partial charge in [0.1, 0.15) is 5.56 Å². The average molecular weight is 163 g/mol. The van der Waals surface area contributed by atoms with E-state index in [0.29, 0.717) is 5.92 Å². The van der Waals surface area contributed by atoms with Gasteiger partial charge in [-0.15, -0.1) is 0 Å². The molecule has 0 aromatic rings. The minimum Gasteiger partial charge on any atom is -0.362 e. The van der Waals surface area contributed by atoms with Crippen molar-refractivity contribution in [2.75, 3.05) is 6.61 Å². The maximum atomic E-state index is 5.90. The first-order chi connectivity index (χ1) is 4.70. The first kappa shape index (κ1) is 8.35. The van der Waals surface area contributed by atoms with Gasteiger partial charge in [-0.25, -0.2) is 0 Å². The first-order valence-electron chi connectivity index (χ1n) is 3.96. The number of ether oxygens (including phenoxy) is 1. The predicted octanol–water partition coefficient (Wildman–Crippen LogP) is 2.63. The number of alkyl halides is 1. The van der Waals surface area contributed by atoms with E-state index in [1.165, 1.54) is 6.42 Å². The Morgan fingerprint density at radius 2 is 2.30 bits per heavy atom. The minimum absolute atomic E-state index is 0.0117. The van der Waals surface area contributed by atoms with Crippen molar-refractivity contribution >= 4 is 11.6 Å². The molecular weight excluding hydrogens is 148 g/mol. The molecule has 2 heteroatoms. The van der Waals surface area contributed by atoms with Gasteiger partial charge >= 0.3 is 0 Å². The summed E-state index contributed by atoms with van der Waals surface area (Å²) in [7, 11) is 0. The van der Waals surface area contributed by atoms with Gasteiger partial charge in [0, 0.05) is 12.5 Å². The third-order valence-corrected chi connectivity index (χ3v) is 2.39. The molecule has 0 aromatic heterocycles. The molecular formula is C8H15ClO. The van der Waals surface area contributed by atoms with Crippen molar-refractivity contribution in [3.63, 3.8) is 0 Å². The molecule has 0 saturated carbocycles. The monoisotopic (exact) mass is 162 g/mol. The highest BCUT2D eigenvalue weighted by molar-refractivity contribution is 6.20. The van der Waals surface area contributed by atoms with Crippen molar-refractivity contribution in [1.82, 2.24) is 0 Å². The summed E-state index contributed by atoms with van der Waals surface area (Å²) in [4.78, 5) is 0. The standard InChI is InChI=1S/C8H15ClO/c1-6(2)5-7-3-4-10-8(7)9/h6-8H,3-5H2,1-2H3. The molecule has 1 rings (SSSR count). The molecule has 10 heavy (non-hydrogen) atoms. The molecule has 0 spiro atoms. The Labute approximate surface area is 67.7 Å². The van der Waals surface area contributed by atoms with Crippen LogP contribution in [0.5, 0.6) is 0 Å². The first-order valence-corrected chi connectivity index (χ1v) is 4.39. The summed E-state index contributed by atoms with van der Waals surface area (Å²) in [5.74, 6) is 1.34. The van der Waals surface area contributed by atoms with Gasteiger partial charge in [0.25, 0.3) is 0 Å². The lowest BCUT2D eigenvalue weighted by Crippen LogP contribution is -2.10. The maximum absolute atomic E-state index is 5.90. The van der Waals surface area contributed by atoms with Gasteiger partial charge in [0.2, 0.25) is 0 Å². The summed E-state index contributed by atoms with van der Waals surface area (Å²) < 4.78 is 5.23. The van der Waals surface area contributed by atoms with E-state index in [-0.39, 0.29) is 5.56 Å². The zero-order valence-electron chi connectivity index (χ0n) is 6.64. The van der Waals surface area contributed by atoms with Crippen LogP contribution in [0.25, 0.3) is 0 Å². The van der Waals surface area contributed by atoms with Gasteiger partial charge in [-0.3, -0.25) is 0 Å². The molecule has 0 radical (unpaired) electrons. The highest BCUT2D eigenvalue weighted by Gasteiger charge is 2.26. The van der Waals surface area contributed by atoms with Crippen molar-refractivity contribution in [2.45, 2.75) is 32.3 Å². The van der Waals surface area contributed by atoms with Crippen LogP contribution >= 0.6 is 11.6 Å². The Bertz CT molecular complexity index is 103. The SMILES string of the molecule is CC(C)CC1CCOC1Cl. The topological polar surface area (TPSA) is 9.23 Å². The van der Waals surface area contributed by atoms with E-state index in [1.807, 2.05) is 0 Å². The van der Waals surface area contributed by atoms with Crippen molar-refractivity contribution in [3.05, 3.63) is 0 Å². The Morgan fingerprint density at radius 3 is 2.70 bits per heavy atom. The van der Waals surface area contributed by atoms with Crippen molar-refractivity contribution < 1.29 is 4.74 Å². The Balaban J connectivity index is 2.26. The summed E-state index contributed by atoms with van der Waals surface area (Å²) in [6.07, 6.45) is 2.35. The van der Waals surface area contributed by atoms with E-state index in [2.05, 4.69) is 13.8 Å². The summed E-state index contributed by atoms with van der Waals surface area (Å²) in [6.45, 7) is 5.30. The third kappa shape index (κ3) is 2.14. The van der Waals surface area contributed by atoms with Gasteiger partial charge in [0.15, 0.2) is 0 Å². The second-order valence-electron chi connectivity index (χ2n) is 3.40. The fraction of sp³-hybridized carbons (Fsp3) is 1.00. The molecule has 0 bridgehead atoms. The van der Waals surface area contributed by atoms with E-state index in [1.54, 1.807) is 0 Å². The van der Waals surface area contributed by atoms with Gasteiger partial charge in [0.05, 0.1) is 0 Å². The van der Waals surface area contributed by atoms with Gasteiger partial charge < -0.3 is 4.74 Å². The lowest BCUT2D eigenvalue weighted by molar-refractivity contribution is 0.148. The molecule has 1 saturated heterocycles. The van der Waals surface area contributed by atoms with Crippen LogP contribution in [0.1, 0.15) is 26.7 Å². The molecule has 1 heterocycles. The van der Waals surface area contributed by atoms with Crippen LogP contribution in [0, 0.1) is 11.8 Å². The number of rotatable bonds is 2. The molecule has 1 nitrogen and oxygen atoms in total. The quantitative estimate of drug-likeness (QED) is 0.568. The Morgan fingerprint density at radius 1 is 1.60 bits per heavy atom. The third-order valence-electron chi connectivity index (χ3n) is 1.91. The molecule has 0 aromatic carbocycles. The zero-order valence-corrected chi connectivity index (χ0v) is 7.40. The van der Waals surface area contributed by atoms with E-state index >= 15 is 0 Å². The lowest BCUT2D eigenvalue weighted by atomic mass is 9.97. The van der Waals surface area contributed by atoms with Crippen molar-refractivity contribution in [2.24, 2.45) is 11.8 Å². The van der Waals surface area contributed by atoms with E-state index in [4.69, 9.17) is 16.3 Å². The van der Waals surface area contributed by atoms with Gasteiger partial charge in [-0.1, -0.05) is 25.4 Å². The fourth-order valence-electron chi connectivity index (χ4n) is 1.43. The number of halogens is 1. The summed E-state index contributed by atoms with van der Waals surface area (Å²) in [5.41, 5.74) is -0.0117. The lowest BCUT2D eigenvalue weighted by Gasteiger charge is -2.13. The molecule has 0 N–H and O–H groups in total. The summed E-state index contributed by atoms with van der Waals surface area (Å²) in [6, 6.07) is 0. The van der Waals surface area contributed by atoms with Crippen LogP contribution in [0.15, 0.2) is 0 Å². The van der Waals surface area contributed by atoms with Crippen LogP contribution in [-0.2, 0) is 4.74 Å². The van der Waals surface area contributed by atoms with Crippen LogP contribution in [0.2, 0.25) is 0 Å². The molecule has 60 valence electrons. The molecule has 1 aliphatic heterocycles. The Hall–Kier alpha value is 0.250. The van der Waals surface area contributed by atoms with Crippen LogP contribution in [0.3, 0.4) is 0 Å². The molecule has 0 aliphatic carbocycles. The van der Waals surface area contributed by atoms with Crippen molar-refractivity contribution in [1.29, 1.82) is 0 Å². The molecule has 2 atom stereocenters. The summed E-state index contributed by atoms with van der Waals surface area (Å²) >= 11 is 5.90. The van der Waals surface area contributed by atoms with Crippen LogP contribution < -0.4 is 0 Å². The highest BCUT2D eigenvalue weighted by atomic mass is 35.5. The normalized spacial score (nSPS) is 33.6. The average Bonchev–Trinajstić information content (AvgIpc) is 2.15. The largest absolute Gasteiger partial charge is 0.362 e. The van der Waals surface area contributed by atoms with Crippen LogP contribution in [-0.4, -0.2) is 12.2 Å². The second-order valence-corrected chi connectivity index (χ2v) is 3.83. The second kappa shape index (κ2) is 3.59. The van der Waals surface area contributed by atoms with E-state index in [9.17, 15) is 0 Å². The van der Waals surface area contributed by atoms with Crippen molar-refractivity contribution in [3.8, 4) is 0 Å². The maximum Gasteiger partial charge on any atom is 0.134 e. The smallest absolute Gasteiger partial charge is 0.134 e. The Kier molecular flexibility index (Phi) is 2.99. The number of hydrogen-bond donors (Lipinski definition) is 0. The minimum atomic E-state index is -0.0117. The molecule has 0 amide bonds. The van der Waals surface area contributed by atoms with E-state index < -0.39 is 0 Å². The summed E-state index contributed by atoms with van der Waals surface area (Å²) in [5, 5.41) is 0. The highest BCUT2D eigenvalue weighted by Crippen LogP contribution is 2.29. The van der Waals surface area contributed by atoms with E-state index in [0.717, 1.165) is 18.9 Å². The van der Waals surface area contributed by atoms with Gasteiger partial charge in [-0.05, 0) is 18.8 Å². The molecule has 1 aliphatic rings. The number of hydrogen-bond acceptors (Lipinski definition) is 1. The van der Waals surface area contributed by atoms with Crippen LogP contribution in [0.4, 0.5) is 0 Å². The fourth-order valence-corrected chi connectivity index (χ4v) is 1.75. The van der Waals surface area contributed by atoms with Gasteiger partial charge in [-0.2, -0.15) is 0 Å².